The number of esters is 1. The van der Waals surface area contributed by atoms with Gasteiger partial charge in [0.2, 0.25) is 10.0 Å². The van der Waals surface area contributed by atoms with Crippen molar-refractivity contribution >= 4 is 33.4 Å². The summed E-state index contributed by atoms with van der Waals surface area (Å²) in [6, 6.07) is 10.6. The van der Waals surface area contributed by atoms with Crippen LogP contribution in [0.15, 0.2) is 58.3 Å². The van der Waals surface area contributed by atoms with Crippen molar-refractivity contribution in [2.75, 3.05) is 19.5 Å². The molecule has 2 aromatic rings. The van der Waals surface area contributed by atoms with Crippen molar-refractivity contribution < 1.29 is 32.0 Å². The molecule has 0 aliphatic rings. The van der Waals surface area contributed by atoms with Crippen molar-refractivity contribution in [1.82, 2.24) is 4.72 Å². The van der Waals surface area contributed by atoms with Crippen LogP contribution in [0, 0.1) is 10.1 Å². The Kier molecular flexibility index (Phi) is 7.93. The molecule has 0 radical (unpaired) electrons. The third-order valence-electron chi connectivity index (χ3n) is 3.45. The topological polar surface area (TPSA) is 125 Å². The Balaban J connectivity index is 1.87. The maximum absolute atomic E-state index is 14.1. The van der Waals surface area contributed by atoms with Crippen LogP contribution in [-0.2, 0) is 19.6 Å². The molecule has 12 heteroatoms. The molecule has 1 N–H and O–H groups in total. The number of hydrogen-bond donors (Lipinski definition) is 1. The van der Waals surface area contributed by atoms with Crippen LogP contribution in [-0.4, -0.2) is 45.1 Å². The van der Waals surface area contributed by atoms with Gasteiger partial charge >= 0.3 is 5.97 Å². The molecule has 0 amide bonds. The molecule has 0 aromatic heterocycles. The number of carbonyl (C=O) groups excluding carboxylic acids is 1. The molecular weight excluding hydrogens is 427 g/mol. The summed E-state index contributed by atoms with van der Waals surface area (Å²) in [7, 11) is -2.91. The third kappa shape index (κ3) is 7.00. The number of alkyl halides is 1. The molecule has 0 heterocycles. The maximum Gasteiger partial charge on any atom is 0.343 e. The number of nitrogens with one attached hydrogen (secondary N) is 1. The minimum Gasteiger partial charge on any atom is -0.482 e. The van der Waals surface area contributed by atoms with E-state index in [1.807, 2.05) is 4.72 Å². The molecule has 0 bridgehead atoms. The standard InChI is InChI=1S/C17H17FN2O7S2/c1-26-17(21)10-27-13-4-6-14(7-5-13)28-11-16(18)19-29(24,25)15-8-2-12(3-9-15)20(22)23/h2-9,16,19H,10-11H2,1H3. The summed E-state index contributed by atoms with van der Waals surface area (Å²) in [6.45, 7) is -0.236. The van der Waals surface area contributed by atoms with Crippen molar-refractivity contribution in [3.63, 3.8) is 0 Å². The predicted molar refractivity (Wildman–Crippen MR) is 103 cm³/mol. The quantitative estimate of drug-likeness (QED) is 0.195. The van der Waals surface area contributed by atoms with Crippen LogP contribution in [0.1, 0.15) is 0 Å². The Morgan fingerprint density at radius 3 is 2.38 bits per heavy atom. The van der Waals surface area contributed by atoms with Crippen LogP contribution >= 0.6 is 11.8 Å². The molecule has 9 nitrogen and oxygen atoms in total. The number of non-ortho nitro benzene ring substituents is 1. The molecule has 2 aromatic carbocycles. The zero-order chi connectivity index (χ0) is 21.4. The second-order valence-corrected chi connectivity index (χ2v) is 8.29. The van der Waals surface area contributed by atoms with Gasteiger partial charge in [0.15, 0.2) is 12.9 Å². The van der Waals surface area contributed by atoms with Gasteiger partial charge in [-0.3, -0.25) is 10.1 Å². The number of nitro groups is 1. The molecule has 0 aliphatic carbocycles. The van der Waals surface area contributed by atoms with Gasteiger partial charge in [-0.1, -0.05) is 0 Å². The molecule has 29 heavy (non-hydrogen) atoms. The van der Waals surface area contributed by atoms with Gasteiger partial charge in [-0.2, -0.15) is 4.72 Å². The fraction of sp³-hybridized carbons (Fsp3) is 0.235. The van der Waals surface area contributed by atoms with Crippen molar-refractivity contribution in [2.24, 2.45) is 0 Å². The molecule has 0 saturated heterocycles. The summed E-state index contributed by atoms with van der Waals surface area (Å²) in [5, 5.41) is 10.6. The van der Waals surface area contributed by atoms with E-state index in [9.17, 15) is 27.7 Å². The largest absolute Gasteiger partial charge is 0.482 e. The SMILES string of the molecule is COC(=O)COc1ccc(SCC(F)NS(=O)(=O)c2ccc([N+](=O)[O-])cc2)cc1. The van der Waals surface area contributed by atoms with E-state index < -0.39 is 27.2 Å². The van der Waals surface area contributed by atoms with Crippen molar-refractivity contribution in [2.45, 2.75) is 16.1 Å². The number of sulfonamides is 1. The van der Waals surface area contributed by atoms with Gasteiger partial charge in [-0.05, 0) is 36.4 Å². The molecule has 1 unspecified atom stereocenters. The summed E-state index contributed by atoms with van der Waals surface area (Å²) in [5.41, 5.74) is -0.268. The minimum absolute atomic E-state index is 0.200. The predicted octanol–water partition coefficient (Wildman–Crippen LogP) is 2.51. The Bertz CT molecular complexity index is 951. The molecule has 0 aliphatic heterocycles. The lowest BCUT2D eigenvalue weighted by Gasteiger charge is -2.11. The summed E-state index contributed by atoms with van der Waals surface area (Å²) in [6.07, 6.45) is -1.88. The van der Waals surface area contributed by atoms with Gasteiger partial charge in [0, 0.05) is 22.8 Å². The molecule has 2 rings (SSSR count). The van der Waals surface area contributed by atoms with Crippen LogP contribution in [0.5, 0.6) is 5.75 Å². The highest BCUT2D eigenvalue weighted by Crippen LogP contribution is 2.23. The zero-order valence-electron chi connectivity index (χ0n) is 15.1. The number of methoxy groups -OCH3 is 1. The smallest absolute Gasteiger partial charge is 0.343 e. The van der Waals surface area contributed by atoms with Crippen LogP contribution in [0.2, 0.25) is 0 Å². The van der Waals surface area contributed by atoms with Crippen LogP contribution in [0.4, 0.5) is 10.1 Å². The van der Waals surface area contributed by atoms with Gasteiger partial charge in [0.25, 0.3) is 5.69 Å². The molecule has 0 fully saturated rings. The number of halogens is 1. The molecule has 0 saturated carbocycles. The first-order valence-corrected chi connectivity index (χ1v) is 10.5. The van der Waals surface area contributed by atoms with E-state index in [0.29, 0.717) is 10.6 Å². The third-order valence-corrected chi connectivity index (χ3v) is 5.97. The van der Waals surface area contributed by atoms with E-state index in [1.54, 1.807) is 24.3 Å². The van der Waals surface area contributed by atoms with Crippen LogP contribution < -0.4 is 9.46 Å². The monoisotopic (exact) mass is 444 g/mol. The lowest BCUT2D eigenvalue weighted by molar-refractivity contribution is -0.384. The van der Waals surface area contributed by atoms with Gasteiger partial charge in [0.05, 0.1) is 16.9 Å². The molecule has 0 spiro atoms. The minimum atomic E-state index is -4.16. The average molecular weight is 444 g/mol. The number of rotatable bonds is 10. The Hall–Kier alpha value is -2.70. The second kappa shape index (κ2) is 10.2. The highest BCUT2D eigenvalue weighted by atomic mass is 32.2. The summed E-state index contributed by atoms with van der Waals surface area (Å²) >= 11 is 1.07. The first-order valence-electron chi connectivity index (χ1n) is 8.04. The lowest BCUT2D eigenvalue weighted by atomic mass is 10.3. The maximum atomic E-state index is 14.1. The van der Waals surface area contributed by atoms with Crippen LogP contribution in [0.3, 0.4) is 0 Å². The van der Waals surface area contributed by atoms with E-state index in [2.05, 4.69) is 4.74 Å². The zero-order valence-corrected chi connectivity index (χ0v) is 16.7. The van der Waals surface area contributed by atoms with Gasteiger partial charge in [-0.15, -0.1) is 11.8 Å². The van der Waals surface area contributed by atoms with Crippen molar-refractivity contribution in [3.05, 3.63) is 58.6 Å². The molecule has 156 valence electrons. The van der Waals surface area contributed by atoms with E-state index in [-0.39, 0.29) is 22.9 Å². The fourth-order valence-corrected chi connectivity index (χ4v) is 3.93. The summed E-state index contributed by atoms with van der Waals surface area (Å²) in [5.74, 6) is -0.298. The van der Waals surface area contributed by atoms with Gasteiger partial charge in [-0.25, -0.2) is 17.6 Å². The highest BCUT2D eigenvalue weighted by molar-refractivity contribution is 7.99. The number of hydrogen-bond acceptors (Lipinski definition) is 8. The van der Waals surface area contributed by atoms with E-state index in [4.69, 9.17) is 4.74 Å². The number of nitrogens with zero attached hydrogens (tertiary/aromatic N) is 1. The number of carbonyl (C=O) groups is 1. The normalized spacial score (nSPS) is 12.2. The summed E-state index contributed by atoms with van der Waals surface area (Å²) in [4.78, 5) is 21.3. The Morgan fingerprint density at radius 2 is 1.83 bits per heavy atom. The number of benzene rings is 2. The Morgan fingerprint density at radius 1 is 1.21 bits per heavy atom. The molecular formula is C17H17FN2O7S2. The number of thioether (sulfide) groups is 1. The number of ether oxygens (including phenoxy) is 2. The Labute approximate surface area is 170 Å². The van der Waals surface area contributed by atoms with E-state index in [1.165, 1.54) is 7.11 Å². The van der Waals surface area contributed by atoms with E-state index >= 15 is 0 Å². The van der Waals surface area contributed by atoms with Gasteiger partial charge < -0.3 is 9.47 Å². The number of nitro benzene ring substituents is 1. The highest BCUT2D eigenvalue weighted by Gasteiger charge is 2.20. The van der Waals surface area contributed by atoms with Crippen molar-refractivity contribution in [1.29, 1.82) is 0 Å². The first kappa shape index (κ1) is 22.6. The first-order chi connectivity index (χ1) is 13.7. The fourth-order valence-electron chi connectivity index (χ4n) is 2.02. The van der Waals surface area contributed by atoms with Gasteiger partial charge in [0.1, 0.15) is 5.75 Å². The second-order valence-electron chi connectivity index (χ2n) is 5.49. The average Bonchev–Trinajstić information content (AvgIpc) is 2.71. The lowest BCUT2D eigenvalue weighted by Crippen LogP contribution is -2.33. The van der Waals surface area contributed by atoms with E-state index in [0.717, 1.165) is 36.0 Å². The van der Waals surface area contributed by atoms with Crippen molar-refractivity contribution in [3.8, 4) is 5.75 Å². The van der Waals surface area contributed by atoms with Crippen LogP contribution in [0.25, 0.3) is 0 Å². The molecule has 1 atom stereocenters. The summed E-state index contributed by atoms with van der Waals surface area (Å²) < 4.78 is 49.9.